The van der Waals surface area contributed by atoms with Crippen LogP contribution in [0.4, 0.5) is 0 Å². The average molecular weight is 906 g/mol. The van der Waals surface area contributed by atoms with Crippen LogP contribution in [0, 0.1) is 22.7 Å². The molecule has 11 aromatic carbocycles. The summed E-state index contributed by atoms with van der Waals surface area (Å²) in [4.78, 5) is 0. The predicted octanol–water partition coefficient (Wildman–Crippen LogP) is 17.1. The Labute approximate surface area is 409 Å². The Hall–Kier alpha value is -9.42. The molecule has 14 rings (SSSR count). The molecule has 0 aliphatic heterocycles. The second-order valence-electron chi connectivity index (χ2n) is 19.8. The quantitative estimate of drug-likeness (QED) is 0.165. The summed E-state index contributed by atoms with van der Waals surface area (Å²) in [6, 6.07) is 78.9. The number of hydrogen-bond donors (Lipinski definition) is 0. The van der Waals surface area contributed by atoms with Crippen molar-refractivity contribution in [2.24, 2.45) is 0 Å². The molecule has 0 bridgehead atoms. The third kappa shape index (κ3) is 5.66. The number of para-hydroxylation sites is 5. The van der Waals surface area contributed by atoms with Crippen molar-refractivity contribution >= 4 is 97.7 Å². The van der Waals surface area contributed by atoms with Crippen LogP contribution in [-0.4, -0.2) is 13.7 Å². The topological polar surface area (TPSA) is 62.4 Å². The van der Waals surface area contributed by atoms with Crippen LogP contribution in [0.2, 0.25) is 0 Å². The van der Waals surface area contributed by atoms with Crippen molar-refractivity contribution in [2.75, 3.05) is 0 Å². The van der Waals surface area contributed by atoms with Gasteiger partial charge in [-0.15, -0.1) is 0 Å². The second-order valence-corrected chi connectivity index (χ2v) is 19.8. The molecule has 0 amide bonds. The standard InChI is InChI=1S/C66H43N5/c1-66(2,3)41-34-32-40(33-35-41)62-64(69-56-27-13-8-22-46(56)47-23-9-14-28-57(47)69)54(38-67)63(55(39-68)65(62)70-58-29-15-10-24-48(58)49-25-11-16-30-59(49)70)71-60-31-17-12-26-50(60)53-36-51-44-20-6-4-18-42(44)43-19-5-7-21-45(43)52(51)37-61(53)71/h4-37H,1-3H3. The molecule has 0 N–H and O–H groups in total. The smallest absolute Gasteiger partial charge is 0.104 e. The van der Waals surface area contributed by atoms with Gasteiger partial charge in [0.05, 0.1) is 50.2 Å². The van der Waals surface area contributed by atoms with Gasteiger partial charge in [-0.25, -0.2) is 0 Å². The Morgan fingerprint density at radius 2 is 0.620 bits per heavy atom. The van der Waals surface area contributed by atoms with Crippen molar-refractivity contribution in [3.05, 3.63) is 223 Å². The Kier molecular flexibility index (Phi) is 8.61. The molecular weight excluding hydrogens is 863 g/mol. The van der Waals surface area contributed by atoms with Gasteiger partial charge in [0.25, 0.3) is 0 Å². The summed E-state index contributed by atoms with van der Waals surface area (Å²) < 4.78 is 6.81. The first-order valence-corrected chi connectivity index (χ1v) is 24.2. The van der Waals surface area contributed by atoms with Gasteiger partial charge in [-0.3, -0.25) is 0 Å². The zero-order chi connectivity index (χ0) is 47.7. The third-order valence-corrected chi connectivity index (χ3v) is 15.1. The number of fused-ring (bicyclic) bond motifs is 15. The van der Waals surface area contributed by atoms with E-state index < -0.39 is 0 Å². The summed E-state index contributed by atoms with van der Waals surface area (Å²) in [5.41, 5.74) is 11.2. The molecule has 3 heterocycles. The van der Waals surface area contributed by atoms with Gasteiger partial charge in [0.1, 0.15) is 23.3 Å². The summed E-state index contributed by atoms with van der Waals surface area (Å²) in [6.45, 7) is 6.68. The van der Waals surface area contributed by atoms with Crippen LogP contribution in [0.1, 0.15) is 37.5 Å². The van der Waals surface area contributed by atoms with Crippen molar-refractivity contribution in [1.82, 2.24) is 13.7 Å². The first-order valence-electron chi connectivity index (χ1n) is 24.2. The molecule has 0 spiro atoms. The van der Waals surface area contributed by atoms with Gasteiger partial charge in [0.2, 0.25) is 0 Å². The number of nitrogens with zero attached hydrogens (tertiary/aromatic N) is 5. The van der Waals surface area contributed by atoms with E-state index in [-0.39, 0.29) is 5.41 Å². The van der Waals surface area contributed by atoms with Gasteiger partial charge in [-0.1, -0.05) is 185 Å². The van der Waals surface area contributed by atoms with Gasteiger partial charge in [0, 0.05) is 37.9 Å². The highest BCUT2D eigenvalue weighted by Crippen LogP contribution is 2.50. The Bertz CT molecular complexity index is 4430. The summed E-state index contributed by atoms with van der Waals surface area (Å²) >= 11 is 0. The molecule has 3 aromatic heterocycles. The molecule has 332 valence electrons. The monoisotopic (exact) mass is 905 g/mol. The summed E-state index contributed by atoms with van der Waals surface area (Å²) in [6.07, 6.45) is 0. The molecule has 5 heteroatoms. The molecule has 0 saturated carbocycles. The first kappa shape index (κ1) is 40.6. The summed E-state index contributed by atoms with van der Waals surface area (Å²) in [5, 5.41) is 38.0. The van der Waals surface area contributed by atoms with E-state index in [2.05, 4.69) is 253 Å². The molecule has 5 nitrogen and oxygen atoms in total. The van der Waals surface area contributed by atoms with Crippen molar-refractivity contribution in [1.29, 1.82) is 10.5 Å². The zero-order valence-electron chi connectivity index (χ0n) is 39.4. The summed E-state index contributed by atoms with van der Waals surface area (Å²) in [7, 11) is 0. The number of nitriles is 2. The first-order chi connectivity index (χ1) is 34.8. The van der Waals surface area contributed by atoms with Crippen LogP contribution in [0.25, 0.3) is 126 Å². The van der Waals surface area contributed by atoms with E-state index in [0.29, 0.717) is 28.2 Å². The lowest BCUT2D eigenvalue weighted by Gasteiger charge is -2.27. The lowest BCUT2D eigenvalue weighted by molar-refractivity contribution is 0.590. The SMILES string of the molecule is CC(C)(C)c1ccc(-c2c(-n3c4ccccc4c4ccccc43)c(C#N)c(-n3c4ccccc4c4cc5c6ccccc6c6ccccc6c5cc43)c(C#N)c2-n2c3ccccc3c3ccccc32)cc1. The minimum atomic E-state index is -0.109. The largest absolute Gasteiger partial charge is 0.307 e. The van der Waals surface area contributed by atoms with Crippen LogP contribution in [0.5, 0.6) is 0 Å². The van der Waals surface area contributed by atoms with E-state index in [1.807, 2.05) is 0 Å². The minimum absolute atomic E-state index is 0.109. The van der Waals surface area contributed by atoms with Gasteiger partial charge in [-0.05, 0) is 91.3 Å². The predicted molar refractivity (Wildman–Crippen MR) is 296 cm³/mol. The molecule has 0 atom stereocenters. The molecule has 0 radical (unpaired) electrons. The van der Waals surface area contributed by atoms with E-state index in [1.165, 1.54) is 21.7 Å². The third-order valence-electron chi connectivity index (χ3n) is 15.1. The minimum Gasteiger partial charge on any atom is -0.307 e. The fourth-order valence-electron chi connectivity index (χ4n) is 11.9. The van der Waals surface area contributed by atoms with Gasteiger partial charge in [-0.2, -0.15) is 10.5 Å². The second kappa shape index (κ2) is 15.0. The average Bonchev–Trinajstić information content (AvgIpc) is 4.05. The number of aromatic nitrogens is 3. The van der Waals surface area contributed by atoms with Crippen LogP contribution in [0.15, 0.2) is 206 Å². The highest BCUT2D eigenvalue weighted by atomic mass is 15.1. The van der Waals surface area contributed by atoms with E-state index in [4.69, 9.17) is 0 Å². The maximum Gasteiger partial charge on any atom is 0.104 e. The van der Waals surface area contributed by atoms with Gasteiger partial charge < -0.3 is 13.7 Å². The van der Waals surface area contributed by atoms with Crippen LogP contribution < -0.4 is 0 Å². The maximum atomic E-state index is 12.3. The zero-order valence-corrected chi connectivity index (χ0v) is 39.4. The number of hydrogen-bond acceptors (Lipinski definition) is 2. The molecule has 0 saturated heterocycles. The van der Waals surface area contributed by atoms with E-state index in [9.17, 15) is 10.5 Å². The highest BCUT2D eigenvalue weighted by Gasteiger charge is 2.33. The maximum absolute atomic E-state index is 12.3. The molecule has 0 unspecified atom stereocenters. The van der Waals surface area contributed by atoms with Crippen molar-refractivity contribution in [2.45, 2.75) is 26.2 Å². The normalized spacial score (nSPS) is 12.1. The fraction of sp³-hybridized carbons (Fsp3) is 0.0606. The molecule has 0 aliphatic carbocycles. The van der Waals surface area contributed by atoms with Gasteiger partial charge >= 0.3 is 0 Å². The van der Waals surface area contributed by atoms with E-state index in [0.717, 1.165) is 92.7 Å². The van der Waals surface area contributed by atoms with Crippen molar-refractivity contribution < 1.29 is 0 Å². The van der Waals surface area contributed by atoms with Crippen LogP contribution in [-0.2, 0) is 5.41 Å². The molecule has 71 heavy (non-hydrogen) atoms. The Balaban J connectivity index is 1.27. The van der Waals surface area contributed by atoms with Crippen molar-refractivity contribution in [3.8, 4) is 40.3 Å². The summed E-state index contributed by atoms with van der Waals surface area (Å²) in [5.74, 6) is 0. The van der Waals surface area contributed by atoms with Crippen molar-refractivity contribution in [3.63, 3.8) is 0 Å². The highest BCUT2D eigenvalue weighted by molar-refractivity contribution is 6.29. The van der Waals surface area contributed by atoms with Crippen LogP contribution >= 0.6 is 0 Å². The molecule has 14 aromatic rings. The molecule has 0 fully saturated rings. The lowest BCUT2D eigenvalue weighted by Crippen LogP contribution is -2.14. The van der Waals surface area contributed by atoms with E-state index >= 15 is 0 Å². The van der Waals surface area contributed by atoms with E-state index in [1.54, 1.807) is 0 Å². The number of benzene rings is 11. The number of rotatable bonds is 4. The Morgan fingerprint density at radius 1 is 0.310 bits per heavy atom. The molecule has 0 aliphatic rings. The fourth-order valence-corrected chi connectivity index (χ4v) is 11.9. The molecular formula is C66H43N5. The Morgan fingerprint density at radius 3 is 0.986 bits per heavy atom. The van der Waals surface area contributed by atoms with Gasteiger partial charge in [0.15, 0.2) is 0 Å². The lowest BCUT2D eigenvalue weighted by atomic mass is 9.85. The van der Waals surface area contributed by atoms with Crippen LogP contribution in [0.3, 0.4) is 0 Å².